The highest BCUT2D eigenvalue weighted by molar-refractivity contribution is 5.96. The number of rotatable bonds is 8. The highest BCUT2D eigenvalue weighted by Crippen LogP contribution is 2.20. The van der Waals surface area contributed by atoms with Gasteiger partial charge in [0.05, 0.1) is 7.11 Å². The molecule has 2 amide bonds. The maximum absolute atomic E-state index is 12.4. The number of aryl methyl sites for hydroxylation is 1. The predicted octanol–water partition coefficient (Wildman–Crippen LogP) is 2.33. The Hall–Kier alpha value is -3.30. The molecule has 2 aromatic rings. The number of amides is 2. The van der Waals surface area contributed by atoms with Crippen LogP contribution in [0.4, 0.5) is 14.6 Å². The monoisotopic (exact) mass is 394 g/mol. The summed E-state index contributed by atoms with van der Waals surface area (Å²) >= 11 is 0. The van der Waals surface area contributed by atoms with Crippen molar-refractivity contribution in [3.63, 3.8) is 0 Å². The molecule has 0 spiro atoms. The third-order valence-corrected chi connectivity index (χ3v) is 3.42. The number of aromatic nitrogens is 2. The molecule has 0 fully saturated rings. The number of hydrogen-bond acceptors (Lipinski definition) is 6. The summed E-state index contributed by atoms with van der Waals surface area (Å²) < 4.78 is 34.4. The molecule has 0 atom stereocenters. The molecule has 10 heteroatoms. The first-order valence-electron chi connectivity index (χ1n) is 8.28. The Bertz CT molecular complexity index is 861. The van der Waals surface area contributed by atoms with Gasteiger partial charge < -0.3 is 20.1 Å². The van der Waals surface area contributed by atoms with Crippen LogP contribution in [0.25, 0.3) is 0 Å². The van der Waals surface area contributed by atoms with E-state index in [9.17, 15) is 18.4 Å². The van der Waals surface area contributed by atoms with Gasteiger partial charge in [0.15, 0.2) is 6.61 Å². The fraction of sp³-hybridized carbons (Fsp3) is 0.333. The van der Waals surface area contributed by atoms with E-state index < -0.39 is 18.9 Å². The van der Waals surface area contributed by atoms with E-state index in [2.05, 4.69) is 20.6 Å². The smallest absolute Gasteiger partial charge is 0.272 e. The fourth-order valence-corrected chi connectivity index (χ4v) is 2.31. The largest absolute Gasteiger partial charge is 0.481 e. The molecule has 0 aliphatic heterocycles. The molecule has 150 valence electrons. The number of nitrogens with zero attached hydrogens (tertiary/aromatic N) is 2. The third kappa shape index (κ3) is 6.15. The summed E-state index contributed by atoms with van der Waals surface area (Å²) in [5, 5.41) is 5.24. The summed E-state index contributed by atoms with van der Waals surface area (Å²) in [5.74, 6) is -0.266. The molecule has 2 rings (SSSR count). The van der Waals surface area contributed by atoms with E-state index in [0.717, 1.165) is 0 Å². The van der Waals surface area contributed by atoms with Crippen LogP contribution in [0.5, 0.6) is 11.8 Å². The molecule has 0 saturated carbocycles. The second-order valence-corrected chi connectivity index (χ2v) is 5.77. The number of alkyl halides is 2. The summed E-state index contributed by atoms with van der Waals surface area (Å²) in [6.45, 7) is 2.36. The number of carbonyl (C=O) groups excluding carboxylic acids is 2. The Kier molecular flexibility index (Phi) is 7.19. The quantitative estimate of drug-likeness (QED) is 0.712. The van der Waals surface area contributed by atoms with E-state index in [1.54, 1.807) is 19.1 Å². The number of ether oxygens (including phenoxy) is 2. The number of anilines is 1. The van der Waals surface area contributed by atoms with E-state index in [-0.39, 0.29) is 30.0 Å². The number of carbonyl (C=O) groups is 2. The van der Waals surface area contributed by atoms with Gasteiger partial charge in [-0.05, 0) is 25.1 Å². The minimum absolute atomic E-state index is 0.00284. The number of halogens is 2. The zero-order chi connectivity index (χ0) is 20.7. The van der Waals surface area contributed by atoms with Crippen molar-refractivity contribution in [3.05, 3.63) is 41.1 Å². The van der Waals surface area contributed by atoms with Gasteiger partial charge in [0, 0.05) is 36.4 Å². The minimum Gasteiger partial charge on any atom is -0.481 e. The van der Waals surface area contributed by atoms with Crippen molar-refractivity contribution in [2.24, 2.45) is 0 Å². The lowest BCUT2D eigenvalue weighted by Gasteiger charge is -2.12. The lowest BCUT2D eigenvalue weighted by atomic mass is 10.2. The van der Waals surface area contributed by atoms with Crippen molar-refractivity contribution < 1.29 is 27.8 Å². The Morgan fingerprint density at radius 3 is 2.61 bits per heavy atom. The second kappa shape index (κ2) is 9.58. The van der Waals surface area contributed by atoms with Crippen molar-refractivity contribution in [1.29, 1.82) is 0 Å². The molecule has 0 aromatic carbocycles. The van der Waals surface area contributed by atoms with Crippen LogP contribution in [-0.2, 0) is 11.3 Å². The van der Waals surface area contributed by atoms with E-state index in [1.165, 1.54) is 26.2 Å². The van der Waals surface area contributed by atoms with Gasteiger partial charge in [-0.25, -0.2) is 13.8 Å². The summed E-state index contributed by atoms with van der Waals surface area (Å²) in [5.41, 5.74) is 1.42. The maximum atomic E-state index is 12.4. The van der Waals surface area contributed by atoms with Crippen LogP contribution in [0.2, 0.25) is 0 Å². The summed E-state index contributed by atoms with van der Waals surface area (Å²) in [7, 11) is 1.37. The topological polar surface area (TPSA) is 102 Å². The molecule has 2 aromatic heterocycles. The average Bonchev–Trinajstić information content (AvgIpc) is 2.63. The van der Waals surface area contributed by atoms with Gasteiger partial charge in [-0.2, -0.15) is 4.98 Å². The van der Waals surface area contributed by atoms with Crippen LogP contribution in [0, 0.1) is 6.92 Å². The number of nitrogens with one attached hydrogen (secondary N) is 2. The second-order valence-electron chi connectivity index (χ2n) is 5.77. The molecular formula is C18H20F2N4O4. The van der Waals surface area contributed by atoms with Crippen molar-refractivity contribution in [2.45, 2.75) is 26.8 Å². The Morgan fingerprint density at radius 1 is 1.21 bits per heavy atom. The van der Waals surface area contributed by atoms with E-state index in [4.69, 9.17) is 9.47 Å². The van der Waals surface area contributed by atoms with Gasteiger partial charge in [0.2, 0.25) is 17.7 Å². The summed E-state index contributed by atoms with van der Waals surface area (Å²) in [6.07, 6.45) is -2.61. The number of pyridine rings is 2. The highest BCUT2D eigenvalue weighted by Gasteiger charge is 2.13. The van der Waals surface area contributed by atoms with E-state index in [0.29, 0.717) is 16.8 Å². The van der Waals surface area contributed by atoms with Crippen LogP contribution in [0.1, 0.15) is 28.5 Å². The first-order chi connectivity index (χ1) is 13.3. The molecule has 0 bridgehead atoms. The van der Waals surface area contributed by atoms with Crippen LogP contribution < -0.4 is 20.1 Å². The maximum Gasteiger partial charge on any atom is 0.272 e. The lowest BCUT2D eigenvalue weighted by Crippen LogP contribution is -2.24. The molecule has 0 saturated heterocycles. The molecule has 0 radical (unpaired) electrons. The lowest BCUT2D eigenvalue weighted by molar-refractivity contribution is -0.114. The average molecular weight is 394 g/mol. The molecule has 0 aliphatic carbocycles. The molecule has 0 aliphatic rings. The SMILES string of the molecule is COc1nc(OCC(F)F)ccc1CNC(=O)c1cc(C)nc(NC(C)=O)c1. The minimum atomic E-state index is -2.61. The summed E-state index contributed by atoms with van der Waals surface area (Å²) in [4.78, 5) is 31.7. The molecule has 28 heavy (non-hydrogen) atoms. The van der Waals surface area contributed by atoms with Crippen LogP contribution in [0.3, 0.4) is 0 Å². The van der Waals surface area contributed by atoms with Crippen molar-refractivity contribution >= 4 is 17.6 Å². The van der Waals surface area contributed by atoms with Gasteiger partial charge in [0.25, 0.3) is 12.3 Å². The van der Waals surface area contributed by atoms with Crippen molar-refractivity contribution in [2.75, 3.05) is 19.0 Å². The van der Waals surface area contributed by atoms with Crippen molar-refractivity contribution in [3.8, 4) is 11.8 Å². The van der Waals surface area contributed by atoms with Gasteiger partial charge in [-0.15, -0.1) is 0 Å². The molecule has 0 unspecified atom stereocenters. The van der Waals surface area contributed by atoms with Gasteiger partial charge in [-0.1, -0.05) is 0 Å². The fourth-order valence-electron chi connectivity index (χ4n) is 2.31. The van der Waals surface area contributed by atoms with Crippen LogP contribution >= 0.6 is 0 Å². The van der Waals surface area contributed by atoms with E-state index in [1.807, 2.05) is 0 Å². The van der Waals surface area contributed by atoms with Gasteiger partial charge in [-0.3, -0.25) is 9.59 Å². The van der Waals surface area contributed by atoms with Crippen molar-refractivity contribution in [1.82, 2.24) is 15.3 Å². The first-order valence-corrected chi connectivity index (χ1v) is 8.28. The summed E-state index contributed by atoms with van der Waals surface area (Å²) in [6, 6.07) is 6.02. The van der Waals surface area contributed by atoms with Crippen LogP contribution in [-0.4, -0.2) is 41.9 Å². The Morgan fingerprint density at radius 2 is 1.96 bits per heavy atom. The number of hydrogen-bond donors (Lipinski definition) is 2. The van der Waals surface area contributed by atoms with Gasteiger partial charge in [0.1, 0.15) is 5.82 Å². The molecule has 8 nitrogen and oxygen atoms in total. The third-order valence-electron chi connectivity index (χ3n) is 3.42. The molecule has 2 heterocycles. The predicted molar refractivity (Wildman–Crippen MR) is 96.7 cm³/mol. The van der Waals surface area contributed by atoms with E-state index >= 15 is 0 Å². The normalized spacial score (nSPS) is 10.5. The molecule has 2 N–H and O–H groups in total. The first kappa shape index (κ1) is 21.0. The Balaban J connectivity index is 2.08. The zero-order valence-electron chi connectivity index (χ0n) is 15.6. The zero-order valence-corrected chi connectivity index (χ0v) is 15.6. The Labute approximate surface area is 160 Å². The standard InChI is InChI=1S/C18H20F2N4O4/c1-10-6-13(7-15(22-10)23-11(2)25)17(26)21-8-12-4-5-16(24-18(12)27-3)28-9-14(19)20/h4-7,14H,8-9H2,1-3H3,(H,21,26)(H,22,23,25). The van der Waals surface area contributed by atoms with Gasteiger partial charge >= 0.3 is 0 Å². The van der Waals surface area contributed by atoms with Crippen LogP contribution in [0.15, 0.2) is 24.3 Å². The number of methoxy groups -OCH3 is 1. The highest BCUT2D eigenvalue weighted by atomic mass is 19.3. The molecular weight excluding hydrogens is 374 g/mol.